The number of halogens is 1. The van der Waals surface area contributed by atoms with Crippen LogP contribution in [0.5, 0.6) is 5.75 Å². The number of hydrogen-bond acceptors (Lipinski definition) is 5. The third-order valence-electron chi connectivity index (χ3n) is 4.74. The Morgan fingerprint density at radius 3 is 2.62 bits per heavy atom. The summed E-state index contributed by atoms with van der Waals surface area (Å²) in [5, 5.41) is 5.85. The molecule has 0 saturated heterocycles. The lowest BCUT2D eigenvalue weighted by molar-refractivity contribution is -0.117. The summed E-state index contributed by atoms with van der Waals surface area (Å²) in [5.41, 5.74) is 1.28. The van der Waals surface area contributed by atoms with Gasteiger partial charge in [0, 0.05) is 10.4 Å². The molecule has 0 saturated carbocycles. The van der Waals surface area contributed by atoms with Crippen LogP contribution in [0.25, 0.3) is 0 Å². The number of benzene rings is 2. The second-order valence-corrected chi connectivity index (χ2v) is 7.65. The molecule has 0 fully saturated rings. The first kappa shape index (κ1) is 19.1. The quantitative estimate of drug-likeness (QED) is 0.659. The first-order valence-corrected chi connectivity index (χ1v) is 9.87. The number of thiazole rings is 1. The molecule has 1 heterocycles. The smallest absolute Gasteiger partial charge is 0.257 e. The summed E-state index contributed by atoms with van der Waals surface area (Å²) in [5.74, 6) is -0.865. The molecule has 2 amide bonds. The largest absolute Gasteiger partial charge is 0.497 e. The van der Waals surface area contributed by atoms with Crippen molar-refractivity contribution in [3.63, 3.8) is 0 Å². The third kappa shape index (κ3) is 3.97. The number of hydrogen-bond donors (Lipinski definition) is 2. The summed E-state index contributed by atoms with van der Waals surface area (Å²) >= 11 is 1.36. The Balaban J connectivity index is 1.46. The van der Waals surface area contributed by atoms with E-state index in [1.54, 1.807) is 43.5 Å². The fourth-order valence-corrected chi connectivity index (χ4v) is 4.26. The average Bonchev–Trinajstić information content (AvgIpc) is 3.29. The van der Waals surface area contributed by atoms with Crippen molar-refractivity contribution in [3.8, 4) is 5.75 Å². The Morgan fingerprint density at radius 1 is 1.14 bits per heavy atom. The van der Waals surface area contributed by atoms with Crippen LogP contribution < -0.4 is 15.4 Å². The minimum Gasteiger partial charge on any atom is -0.497 e. The van der Waals surface area contributed by atoms with Crippen molar-refractivity contribution < 1.29 is 18.7 Å². The van der Waals surface area contributed by atoms with Gasteiger partial charge >= 0.3 is 0 Å². The van der Waals surface area contributed by atoms with E-state index in [0.717, 1.165) is 4.88 Å². The Morgan fingerprint density at radius 2 is 1.90 bits per heavy atom. The first-order valence-electron chi connectivity index (χ1n) is 9.05. The number of ether oxygens (including phenoxy) is 1. The van der Waals surface area contributed by atoms with E-state index in [2.05, 4.69) is 15.6 Å². The number of anilines is 2. The van der Waals surface area contributed by atoms with Crippen LogP contribution in [0.3, 0.4) is 0 Å². The second-order valence-electron chi connectivity index (χ2n) is 6.57. The molecular weight excluding hydrogens is 393 g/mol. The SMILES string of the molecule is COc1ccc(C(=O)Nc2nc3c(s2)CCC3C(=O)Nc2ccccc2F)cc1. The maximum Gasteiger partial charge on any atom is 0.257 e. The van der Waals surface area contributed by atoms with Gasteiger partial charge in [-0.2, -0.15) is 0 Å². The van der Waals surface area contributed by atoms with E-state index in [4.69, 9.17) is 4.74 Å². The first-order chi connectivity index (χ1) is 14.0. The highest BCUT2D eigenvalue weighted by Crippen LogP contribution is 2.39. The maximum absolute atomic E-state index is 13.8. The molecule has 1 aliphatic carbocycles. The number of aromatic nitrogens is 1. The minimum absolute atomic E-state index is 0.147. The zero-order valence-corrected chi connectivity index (χ0v) is 16.4. The number of amides is 2. The van der Waals surface area contributed by atoms with Crippen LogP contribution in [0.1, 0.15) is 33.3 Å². The van der Waals surface area contributed by atoms with E-state index >= 15 is 0 Å². The van der Waals surface area contributed by atoms with E-state index in [9.17, 15) is 14.0 Å². The molecule has 1 aromatic heterocycles. The van der Waals surface area contributed by atoms with Gasteiger partial charge in [0.15, 0.2) is 5.13 Å². The number of nitrogens with zero attached hydrogens (tertiary/aromatic N) is 1. The Kier molecular flexibility index (Phi) is 5.26. The van der Waals surface area contributed by atoms with Crippen molar-refractivity contribution >= 4 is 34.0 Å². The van der Waals surface area contributed by atoms with Crippen molar-refractivity contribution in [2.45, 2.75) is 18.8 Å². The summed E-state index contributed by atoms with van der Waals surface area (Å²) in [7, 11) is 1.56. The van der Waals surface area contributed by atoms with Crippen LogP contribution in [0, 0.1) is 5.82 Å². The number of carbonyl (C=O) groups is 2. The lowest BCUT2D eigenvalue weighted by Gasteiger charge is -2.11. The molecule has 1 atom stereocenters. The van der Waals surface area contributed by atoms with Crippen LogP contribution in [-0.2, 0) is 11.2 Å². The Labute approximate surface area is 170 Å². The van der Waals surface area contributed by atoms with Gasteiger partial charge in [-0.05, 0) is 49.2 Å². The van der Waals surface area contributed by atoms with Crippen LogP contribution >= 0.6 is 11.3 Å². The van der Waals surface area contributed by atoms with E-state index in [1.165, 1.54) is 23.5 Å². The van der Waals surface area contributed by atoms with E-state index in [-0.39, 0.29) is 17.5 Å². The normalized spacial score (nSPS) is 14.9. The highest BCUT2D eigenvalue weighted by molar-refractivity contribution is 7.16. The van der Waals surface area contributed by atoms with Gasteiger partial charge in [0.25, 0.3) is 5.91 Å². The number of carbonyl (C=O) groups excluding carboxylic acids is 2. The van der Waals surface area contributed by atoms with Gasteiger partial charge in [-0.25, -0.2) is 9.37 Å². The van der Waals surface area contributed by atoms with E-state index in [0.29, 0.717) is 35.0 Å². The molecule has 3 aromatic rings. The highest BCUT2D eigenvalue weighted by Gasteiger charge is 2.33. The topological polar surface area (TPSA) is 80.3 Å². The van der Waals surface area contributed by atoms with Crippen molar-refractivity contribution in [2.75, 3.05) is 17.7 Å². The Hall–Kier alpha value is -3.26. The van der Waals surface area contributed by atoms with Crippen LogP contribution in [0.15, 0.2) is 48.5 Å². The van der Waals surface area contributed by atoms with Gasteiger partial charge in [-0.1, -0.05) is 12.1 Å². The summed E-state index contributed by atoms with van der Waals surface area (Å²) in [6.07, 6.45) is 1.31. The zero-order chi connectivity index (χ0) is 20.4. The van der Waals surface area contributed by atoms with Crippen molar-refractivity contribution in [3.05, 3.63) is 70.5 Å². The molecule has 2 aromatic carbocycles. The number of rotatable bonds is 5. The number of aryl methyl sites for hydroxylation is 1. The highest BCUT2D eigenvalue weighted by atomic mass is 32.1. The molecule has 2 N–H and O–H groups in total. The number of fused-ring (bicyclic) bond motifs is 1. The monoisotopic (exact) mass is 411 g/mol. The van der Waals surface area contributed by atoms with E-state index < -0.39 is 11.7 Å². The van der Waals surface area contributed by atoms with Crippen LogP contribution in [0.2, 0.25) is 0 Å². The van der Waals surface area contributed by atoms with Crippen molar-refractivity contribution in [1.82, 2.24) is 4.98 Å². The van der Waals surface area contributed by atoms with Crippen molar-refractivity contribution in [1.29, 1.82) is 0 Å². The minimum atomic E-state index is -0.482. The van der Waals surface area contributed by atoms with Gasteiger partial charge in [0.05, 0.1) is 24.4 Å². The van der Waals surface area contributed by atoms with Gasteiger partial charge in [-0.15, -0.1) is 11.3 Å². The molecule has 0 bridgehead atoms. The number of methoxy groups -OCH3 is 1. The van der Waals surface area contributed by atoms with Crippen LogP contribution in [0.4, 0.5) is 15.2 Å². The summed E-state index contributed by atoms with van der Waals surface area (Å²) < 4.78 is 18.9. The second kappa shape index (κ2) is 8.00. The van der Waals surface area contributed by atoms with Crippen LogP contribution in [-0.4, -0.2) is 23.9 Å². The maximum atomic E-state index is 13.8. The molecule has 1 unspecified atom stereocenters. The third-order valence-corrected chi connectivity index (χ3v) is 5.78. The summed E-state index contributed by atoms with van der Waals surface area (Å²) in [4.78, 5) is 30.5. The predicted octanol–water partition coefficient (Wildman–Crippen LogP) is 4.21. The molecule has 0 aliphatic heterocycles. The Bertz CT molecular complexity index is 1070. The lowest BCUT2D eigenvalue weighted by atomic mass is 10.1. The van der Waals surface area contributed by atoms with E-state index in [1.807, 2.05) is 0 Å². The molecule has 1 aliphatic rings. The lowest BCUT2D eigenvalue weighted by Crippen LogP contribution is -2.20. The number of nitrogens with one attached hydrogen (secondary N) is 2. The van der Waals surface area contributed by atoms with Gasteiger partial charge < -0.3 is 10.1 Å². The van der Waals surface area contributed by atoms with Gasteiger partial charge in [-0.3, -0.25) is 14.9 Å². The predicted molar refractivity (Wildman–Crippen MR) is 109 cm³/mol. The van der Waals surface area contributed by atoms with Crippen molar-refractivity contribution in [2.24, 2.45) is 0 Å². The standard InChI is InChI=1S/C21H18FN3O3S/c1-28-13-8-6-12(7-9-13)19(26)25-21-24-18-14(10-11-17(18)29-21)20(27)23-16-5-3-2-4-15(16)22/h2-9,14H,10-11H2,1H3,(H,23,27)(H,24,25,26). The molecule has 8 heteroatoms. The summed E-state index contributed by atoms with van der Waals surface area (Å²) in [6.45, 7) is 0. The van der Waals surface area contributed by atoms with Gasteiger partial charge in [0.2, 0.25) is 5.91 Å². The number of para-hydroxylation sites is 1. The zero-order valence-electron chi connectivity index (χ0n) is 15.6. The molecule has 148 valence electrons. The molecule has 29 heavy (non-hydrogen) atoms. The molecule has 6 nitrogen and oxygen atoms in total. The molecular formula is C21H18FN3O3S. The fourth-order valence-electron chi connectivity index (χ4n) is 3.23. The molecule has 0 spiro atoms. The molecule has 0 radical (unpaired) electrons. The summed E-state index contributed by atoms with van der Waals surface area (Å²) in [6, 6.07) is 12.8. The van der Waals surface area contributed by atoms with Gasteiger partial charge in [0.1, 0.15) is 11.6 Å². The molecule has 4 rings (SSSR count). The average molecular weight is 411 g/mol. The fraction of sp³-hybridized carbons (Fsp3) is 0.190.